The van der Waals surface area contributed by atoms with Crippen LogP contribution in [0.25, 0.3) is 11.3 Å². The van der Waals surface area contributed by atoms with E-state index in [1.807, 2.05) is 0 Å². The Morgan fingerprint density at radius 2 is 1.74 bits per heavy atom. The van der Waals surface area contributed by atoms with Gasteiger partial charge in [0.1, 0.15) is 0 Å². The average molecular weight is 367 g/mol. The number of benzene rings is 1. The van der Waals surface area contributed by atoms with Gasteiger partial charge in [0.25, 0.3) is 0 Å². The predicted molar refractivity (Wildman–Crippen MR) is 112 cm³/mol. The highest BCUT2D eigenvalue weighted by Crippen LogP contribution is 2.33. The van der Waals surface area contributed by atoms with Crippen molar-refractivity contribution in [3.8, 4) is 11.3 Å². The van der Waals surface area contributed by atoms with Gasteiger partial charge >= 0.3 is 0 Å². The summed E-state index contributed by atoms with van der Waals surface area (Å²) in [7, 11) is 0. The fourth-order valence-electron chi connectivity index (χ4n) is 4.48. The number of nitrogens with one attached hydrogen (secondary N) is 1. The normalized spacial score (nSPS) is 19.7. The molecule has 1 aromatic heterocycles. The standard InChI is InChI=1S/C23H34N4/c1-18(2)19-8-10-20(11-9-19)23-16-21(17-26-14-12-24-13-15-26)25-27(23)22-6-4-3-5-7-22/h8-11,16,18,22,24H,3-7,12-15,17H2,1-2H3. The molecule has 4 rings (SSSR count). The maximum Gasteiger partial charge on any atom is 0.0771 e. The van der Waals surface area contributed by atoms with Crippen LogP contribution in [0, 0.1) is 0 Å². The second-order valence-electron chi connectivity index (χ2n) is 8.56. The Kier molecular flexibility index (Phi) is 5.94. The summed E-state index contributed by atoms with van der Waals surface area (Å²) in [5, 5.41) is 8.56. The van der Waals surface area contributed by atoms with E-state index in [2.05, 4.69) is 59.1 Å². The number of hydrogen-bond acceptors (Lipinski definition) is 3. The van der Waals surface area contributed by atoms with Crippen molar-refractivity contribution in [3.63, 3.8) is 0 Å². The molecule has 1 aromatic carbocycles. The first-order chi connectivity index (χ1) is 13.2. The summed E-state index contributed by atoms with van der Waals surface area (Å²) in [6.45, 7) is 9.90. The molecule has 1 saturated carbocycles. The van der Waals surface area contributed by atoms with Crippen LogP contribution in [0.15, 0.2) is 30.3 Å². The molecule has 1 saturated heterocycles. The van der Waals surface area contributed by atoms with Crippen molar-refractivity contribution >= 4 is 0 Å². The summed E-state index contributed by atoms with van der Waals surface area (Å²) in [6.07, 6.45) is 6.59. The molecule has 2 fully saturated rings. The minimum absolute atomic E-state index is 0.565. The van der Waals surface area contributed by atoms with Gasteiger partial charge in [-0.05, 0) is 36.0 Å². The van der Waals surface area contributed by atoms with Crippen molar-refractivity contribution in [1.29, 1.82) is 0 Å². The highest BCUT2D eigenvalue weighted by Gasteiger charge is 2.22. The van der Waals surface area contributed by atoms with E-state index < -0.39 is 0 Å². The molecule has 0 radical (unpaired) electrons. The van der Waals surface area contributed by atoms with Gasteiger partial charge in [0.15, 0.2) is 0 Å². The maximum atomic E-state index is 5.12. The minimum Gasteiger partial charge on any atom is -0.314 e. The van der Waals surface area contributed by atoms with Gasteiger partial charge in [-0.15, -0.1) is 0 Å². The van der Waals surface area contributed by atoms with Crippen molar-refractivity contribution in [2.45, 2.75) is 64.5 Å². The largest absolute Gasteiger partial charge is 0.314 e. The van der Waals surface area contributed by atoms with Crippen LogP contribution in [0.3, 0.4) is 0 Å². The van der Waals surface area contributed by atoms with Crippen LogP contribution in [0.1, 0.15) is 69.2 Å². The molecule has 2 aliphatic rings. The van der Waals surface area contributed by atoms with Crippen molar-refractivity contribution < 1.29 is 0 Å². The maximum absolute atomic E-state index is 5.12. The van der Waals surface area contributed by atoms with E-state index in [9.17, 15) is 0 Å². The van der Waals surface area contributed by atoms with Crippen LogP contribution in [0.5, 0.6) is 0 Å². The molecule has 1 aliphatic carbocycles. The molecule has 0 spiro atoms. The minimum atomic E-state index is 0.565. The topological polar surface area (TPSA) is 33.1 Å². The lowest BCUT2D eigenvalue weighted by atomic mass is 9.95. The summed E-state index contributed by atoms with van der Waals surface area (Å²) < 4.78 is 2.36. The lowest BCUT2D eigenvalue weighted by Crippen LogP contribution is -2.42. The van der Waals surface area contributed by atoms with Crippen LogP contribution in [0.2, 0.25) is 0 Å². The summed E-state index contributed by atoms with van der Waals surface area (Å²) in [4.78, 5) is 2.52. The third-order valence-electron chi connectivity index (χ3n) is 6.18. The lowest BCUT2D eigenvalue weighted by Gasteiger charge is -2.26. The monoisotopic (exact) mass is 366 g/mol. The van der Waals surface area contributed by atoms with Crippen molar-refractivity contribution in [1.82, 2.24) is 20.0 Å². The van der Waals surface area contributed by atoms with Crippen LogP contribution < -0.4 is 5.32 Å². The first kappa shape index (κ1) is 18.7. The third kappa shape index (κ3) is 4.44. The van der Waals surface area contributed by atoms with E-state index in [0.29, 0.717) is 12.0 Å². The summed E-state index contributed by atoms with van der Waals surface area (Å²) >= 11 is 0. The molecule has 1 aliphatic heterocycles. The van der Waals surface area contributed by atoms with E-state index in [4.69, 9.17) is 5.10 Å². The van der Waals surface area contributed by atoms with E-state index in [1.165, 1.54) is 54.6 Å². The van der Waals surface area contributed by atoms with Gasteiger partial charge in [0, 0.05) is 32.7 Å². The molecule has 27 heavy (non-hydrogen) atoms. The summed E-state index contributed by atoms with van der Waals surface area (Å²) in [6, 6.07) is 12.1. The van der Waals surface area contributed by atoms with Gasteiger partial charge in [0.05, 0.1) is 17.4 Å². The fourth-order valence-corrected chi connectivity index (χ4v) is 4.48. The smallest absolute Gasteiger partial charge is 0.0771 e. The van der Waals surface area contributed by atoms with Crippen LogP contribution in [-0.4, -0.2) is 40.9 Å². The van der Waals surface area contributed by atoms with E-state index in [0.717, 1.165) is 32.7 Å². The van der Waals surface area contributed by atoms with Gasteiger partial charge < -0.3 is 5.32 Å². The molecule has 2 heterocycles. The molecule has 4 heteroatoms. The zero-order chi connectivity index (χ0) is 18.6. The first-order valence-corrected chi connectivity index (χ1v) is 10.8. The Hall–Kier alpha value is -1.65. The highest BCUT2D eigenvalue weighted by atomic mass is 15.3. The SMILES string of the molecule is CC(C)c1ccc(-c2cc(CN3CCNCC3)nn2C2CCCCC2)cc1. The zero-order valence-electron chi connectivity index (χ0n) is 17.0. The van der Waals surface area contributed by atoms with Crippen molar-refractivity contribution in [2.24, 2.45) is 0 Å². The average Bonchev–Trinajstić information content (AvgIpc) is 3.13. The Labute approximate surface area is 164 Å². The number of aromatic nitrogens is 2. The summed E-state index contributed by atoms with van der Waals surface area (Å²) in [5.41, 5.74) is 5.25. The van der Waals surface area contributed by atoms with E-state index in [1.54, 1.807) is 0 Å². The Balaban J connectivity index is 1.62. The number of nitrogens with zero attached hydrogens (tertiary/aromatic N) is 3. The van der Waals surface area contributed by atoms with Crippen LogP contribution in [-0.2, 0) is 6.54 Å². The number of rotatable bonds is 5. The molecule has 146 valence electrons. The van der Waals surface area contributed by atoms with E-state index >= 15 is 0 Å². The van der Waals surface area contributed by atoms with Gasteiger partial charge in [-0.25, -0.2) is 0 Å². The molecule has 0 bridgehead atoms. The zero-order valence-corrected chi connectivity index (χ0v) is 17.0. The number of hydrogen-bond donors (Lipinski definition) is 1. The Morgan fingerprint density at radius 1 is 1.04 bits per heavy atom. The molecule has 0 unspecified atom stereocenters. The van der Waals surface area contributed by atoms with Crippen LogP contribution in [0.4, 0.5) is 0 Å². The van der Waals surface area contributed by atoms with Crippen molar-refractivity contribution in [2.75, 3.05) is 26.2 Å². The van der Waals surface area contributed by atoms with E-state index in [-0.39, 0.29) is 0 Å². The Morgan fingerprint density at radius 3 is 2.41 bits per heavy atom. The summed E-state index contributed by atoms with van der Waals surface area (Å²) in [5.74, 6) is 0.575. The molecule has 4 nitrogen and oxygen atoms in total. The number of piperazine rings is 1. The van der Waals surface area contributed by atoms with Gasteiger partial charge in [-0.3, -0.25) is 9.58 Å². The van der Waals surface area contributed by atoms with Gasteiger partial charge in [-0.1, -0.05) is 57.4 Å². The molecular formula is C23H34N4. The predicted octanol–water partition coefficient (Wildman–Crippen LogP) is 4.58. The second-order valence-corrected chi connectivity index (χ2v) is 8.56. The second kappa shape index (κ2) is 8.57. The Bertz CT molecular complexity index is 719. The lowest BCUT2D eigenvalue weighted by molar-refractivity contribution is 0.229. The molecule has 0 amide bonds. The van der Waals surface area contributed by atoms with Crippen molar-refractivity contribution in [3.05, 3.63) is 41.6 Å². The molecular weight excluding hydrogens is 332 g/mol. The first-order valence-electron chi connectivity index (χ1n) is 10.8. The third-order valence-corrected chi connectivity index (χ3v) is 6.18. The highest BCUT2D eigenvalue weighted by molar-refractivity contribution is 5.61. The van der Waals surface area contributed by atoms with Gasteiger partial charge in [-0.2, -0.15) is 5.10 Å². The molecule has 0 atom stereocenters. The fraction of sp³-hybridized carbons (Fsp3) is 0.609. The molecule has 1 N–H and O–H groups in total. The quantitative estimate of drug-likeness (QED) is 0.840. The molecule has 2 aromatic rings. The van der Waals surface area contributed by atoms with Gasteiger partial charge in [0.2, 0.25) is 0 Å². The van der Waals surface area contributed by atoms with Crippen LogP contribution >= 0.6 is 0 Å².